The fourth-order valence-corrected chi connectivity index (χ4v) is 1.22. The minimum atomic E-state index is -0.516. The minimum Gasteiger partial charge on any atom is -0.385 e. The molecule has 0 aliphatic carbocycles. The number of hydrogen-bond acceptors (Lipinski definition) is 4. The molecule has 1 heterocycles. The molecule has 1 unspecified atom stereocenters. The molecule has 10 heavy (non-hydrogen) atoms. The van der Waals surface area contributed by atoms with Gasteiger partial charge in [0.2, 0.25) is 0 Å². The molecular weight excluding hydrogens is 150 g/mol. The predicted octanol–water partition coefficient (Wildman–Crippen LogP) is 0.823. The van der Waals surface area contributed by atoms with Crippen molar-refractivity contribution < 1.29 is 9.84 Å². The van der Waals surface area contributed by atoms with Gasteiger partial charge in [-0.05, 0) is 0 Å². The van der Waals surface area contributed by atoms with E-state index < -0.39 is 6.10 Å². The van der Waals surface area contributed by atoms with Crippen molar-refractivity contribution >= 4 is 11.3 Å². The van der Waals surface area contributed by atoms with Crippen LogP contribution in [0.2, 0.25) is 0 Å². The minimum absolute atomic E-state index is 0.336. The van der Waals surface area contributed by atoms with Gasteiger partial charge in [0.25, 0.3) is 0 Å². The van der Waals surface area contributed by atoms with Crippen LogP contribution in [-0.4, -0.2) is 23.8 Å². The second-order valence-corrected chi connectivity index (χ2v) is 2.79. The highest BCUT2D eigenvalue weighted by Crippen LogP contribution is 2.16. The second kappa shape index (κ2) is 3.65. The summed E-state index contributed by atoms with van der Waals surface area (Å²) in [6, 6.07) is 0. The van der Waals surface area contributed by atoms with Gasteiger partial charge in [0.15, 0.2) is 0 Å². The third-order valence-corrected chi connectivity index (χ3v) is 1.98. The van der Waals surface area contributed by atoms with Crippen molar-refractivity contribution in [2.75, 3.05) is 13.7 Å². The van der Waals surface area contributed by atoms with Crippen LogP contribution in [0.1, 0.15) is 11.0 Å². The van der Waals surface area contributed by atoms with E-state index >= 15 is 0 Å². The van der Waals surface area contributed by atoms with Gasteiger partial charge in [-0.3, -0.25) is 4.98 Å². The number of methoxy groups -OCH3 is 1. The molecule has 1 aromatic rings. The van der Waals surface area contributed by atoms with E-state index in [2.05, 4.69) is 4.98 Å². The van der Waals surface area contributed by atoms with E-state index in [1.54, 1.807) is 18.8 Å². The van der Waals surface area contributed by atoms with E-state index in [0.29, 0.717) is 6.61 Å². The Balaban J connectivity index is 2.50. The highest BCUT2D eigenvalue weighted by Gasteiger charge is 2.06. The molecule has 1 atom stereocenters. The lowest BCUT2D eigenvalue weighted by Crippen LogP contribution is -2.02. The topological polar surface area (TPSA) is 42.4 Å². The summed E-state index contributed by atoms with van der Waals surface area (Å²) in [5.74, 6) is 0. The fraction of sp³-hybridized carbons (Fsp3) is 0.500. The maximum atomic E-state index is 9.25. The van der Waals surface area contributed by atoms with Gasteiger partial charge in [-0.2, -0.15) is 0 Å². The normalized spacial score (nSPS) is 13.4. The molecule has 56 valence electrons. The van der Waals surface area contributed by atoms with Crippen LogP contribution in [0.5, 0.6) is 0 Å². The van der Waals surface area contributed by atoms with Gasteiger partial charge in [0.05, 0.1) is 17.0 Å². The Morgan fingerprint density at radius 2 is 2.70 bits per heavy atom. The van der Waals surface area contributed by atoms with Gasteiger partial charge >= 0.3 is 0 Å². The highest BCUT2D eigenvalue weighted by atomic mass is 32.1. The van der Waals surface area contributed by atoms with Crippen LogP contribution in [0.25, 0.3) is 0 Å². The Morgan fingerprint density at radius 1 is 1.90 bits per heavy atom. The molecule has 4 heteroatoms. The molecule has 1 N–H and O–H groups in total. The third-order valence-electron chi connectivity index (χ3n) is 1.10. The highest BCUT2D eigenvalue weighted by molar-refractivity contribution is 7.09. The van der Waals surface area contributed by atoms with Crippen molar-refractivity contribution in [3.8, 4) is 0 Å². The van der Waals surface area contributed by atoms with E-state index in [9.17, 15) is 5.11 Å². The van der Waals surface area contributed by atoms with Crippen molar-refractivity contribution in [1.82, 2.24) is 4.98 Å². The van der Waals surface area contributed by atoms with Crippen molar-refractivity contribution in [2.24, 2.45) is 0 Å². The van der Waals surface area contributed by atoms with Crippen molar-refractivity contribution in [3.05, 3.63) is 16.6 Å². The first-order chi connectivity index (χ1) is 4.84. The van der Waals surface area contributed by atoms with Gasteiger partial charge in [-0.25, -0.2) is 0 Å². The summed E-state index contributed by atoms with van der Waals surface area (Å²) in [4.78, 5) is 4.68. The van der Waals surface area contributed by atoms with Gasteiger partial charge < -0.3 is 9.84 Å². The zero-order valence-electron chi connectivity index (χ0n) is 5.65. The Morgan fingerprint density at radius 3 is 3.20 bits per heavy atom. The summed E-state index contributed by atoms with van der Waals surface area (Å²) in [5.41, 5.74) is 1.69. The second-order valence-electron chi connectivity index (χ2n) is 1.87. The molecule has 0 aromatic carbocycles. The molecule has 0 saturated heterocycles. The standard InChI is InChI=1S/C6H9NO2S/c1-9-3-5(8)6-2-7-4-10-6/h2,4-5,8H,3H2,1H3. The molecular formula is C6H9NO2S. The van der Waals surface area contributed by atoms with E-state index in [4.69, 9.17) is 4.74 Å². The molecule has 0 fully saturated rings. The molecule has 1 aromatic heterocycles. The Labute approximate surface area is 63.3 Å². The molecule has 0 aliphatic rings. The van der Waals surface area contributed by atoms with Crippen LogP contribution >= 0.6 is 11.3 Å². The third kappa shape index (κ3) is 1.76. The quantitative estimate of drug-likeness (QED) is 0.710. The Hall–Kier alpha value is -0.450. The maximum absolute atomic E-state index is 9.25. The molecule has 1 rings (SSSR count). The van der Waals surface area contributed by atoms with E-state index in [-0.39, 0.29) is 0 Å². The van der Waals surface area contributed by atoms with E-state index in [1.807, 2.05) is 0 Å². The number of hydrogen-bond donors (Lipinski definition) is 1. The van der Waals surface area contributed by atoms with Crippen molar-refractivity contribution in [3.63, 3.8) is 0 Å². The lowest BCUT2D eigenvalue weighted by atomic mass is 10.3. The number of aliphatic hydroxyl groups is 1. The lowest BCUT2D eigenvalue weighted by Gasteiger charge is -2.04. The number of nitrogens with zero attached hydrogens (tertiary/aromatic N) is 1. The van der Waals surface area contributed by atoms with Gasteiger partial charge in [0.1, 0.15) is 6.10 Å². The van der Waals surface area contributed by atoms with Crippen molar-refractivity contribution in [2.45, 2.75) is 6.10 Å². The molecule has 0 aliphatic heterocycles. The van der Waals surface area contributed by atoms with E-state index in [0.717, 1.165) is 4.88 Å². The zero-order chi connectivity index (χ0) is 7.40. The van der Waals surface area contributed by atoms with Crippen molar-refractivity contribution in [1.29, 1.82) is 0 Å². The first kappa shape index (κ1) is 7.65. The first-order valence-electron chi connectivity index (χ1n) is 2.90. The summed E-state index contributed by atoms with van der Waals surface area (Å²) in [7, 11) is 1.56. The fourth-order valence-electron chi connectivity index (χ4n) is 0.630. The molecule has 3 nitrogen and oxygen atoms in total. The molecule has 0 amide bonds. The molecule has 0 spiro atoms. The van der Waals surface area contributed by atoms with Crippen LogP contribution in [0, 0.1) is 0 Å². The molecule has 0 radical (unpaired) electrons. The number of thiazole rings is 1. The largest absolute Gasteiger partial charge is 0.385 e. The summed E-state index contributed by atoms with van der Waals surface area (Å²) in [5, 5.41) is 9.25. The van der Waals surface area contributed by atoms with Gasteiger partial charge in [-0.1, -0.05) is 0 Å². The van der Waals surface area contributed by atoms with Crippen LogP contribution < -0.4 is 0 Å². The summed E-state index contributed by atoms with van der Waals surface area (Å²) in [6.45, 7) is 0.336. The monoisotopic (exact) mass is 159 g/mol. The summed E-state index contributed by atoms with van der Waals surface area (Å²) < 4.78 is 4.76. The number of aromatic nitrogens is 1. The first-order valence-corrected chi connectivity index (χ1v) is 3.78. The molecule has 0 bridgehead atoms. The van der Waals surface area contributed by atoms with E-state index in [1.165, 1.54) is 11.3 Å². The van der Waals surface area contributed by atoms with Crippen LogP contribution in [0.4, 0.5) is 0 Å². The summed E-state index contributed by atoms with van der Waals surface area (Å²) in [6.07, 6.45) is 1.13. The van der Waals surface area contributed by atoms with Crippen LogP contribution in [0.15, 0.2) is 11.7 Å². The van der Waals surface area contributed by atoms with Crippen LogP contribution in [0.3, 0.4) is 0 Å². The van der Waals surface area contributed by atoms with Gasteiger partial charge in [-0.15, -0.1) is 11.3 Å². The Kier molecular flexibility index (Phi) is 2.80. The lowest BCUT2D eigenvalue weighted by molar-refractivity contribution is 0.0665. The number of ether oxygens (including phenoxy) is 1. The smallest absolute Gasteiger partial charge is 0.113 e. The average molecular weight is 159 g/mol. The van der Waals surface area contributed by atoms with Gasteiger partial charge in [0, 0.05) is 13.3 Å². The number of aliphatic hydroxyl groups excluding tert-OH is 1. The van der Waals surface area contributed by atoms with Crippen LogP contribution in [-0.2, 0) is 4.74 Å². The zero-order valence-corrected chi connectivity index (χ0v) is 6.47. The molecule has 0 saturated carbocycles. The average Bonchev–Trinajstić information content (AvgIpc) is 2.38. The maximum Gasteiger partial charge on any atom is 0.113 e. The number of rotatable bonds is 3. The summed E-state index contributed by atoms with van der Waals surface area (Å²) >= 11 is 1.43. The SMILES string of the molecule is COCC(O)c1cncs1. The Bertz CT molecular complexity index is 176. The predicted molar refractivity (Wildman–Crippen MR) is 38.9 cm³/mol.